The molecule has 1 N–H and O–H groups in total. The Morgan fingerprint density at radius 1 is 1.35 bits per heavy atom. The fourth-order valence-corrected chi connectivity index (χ4v) is 3.67. The zero-order valence-corrected chi connectivity index (χ0v) is 12.9. The zero-order valence-electron chi connectivity index (χ0n) is 12.9. The van der Waals surface area contributed by atoms with E-state index in [9.17, 15) is 0 Å². The predicted molar refractivity (Wildman–Crippen MR) is 84.0 cm³/mol. The van der Waals surface area contributed by atoms with Crippen molar-refractivity contribution < 1.29 is 0 Å². The molecule has 0 radical (unpaired) electrons. The van der Waals surface area contributed by atoms with Crippen molar-refractivity contribution in [3.05, 3.63) is 29.6 Å². The number of hydrogen-bond acceptors (Lipinski definition) is 2. The molecule has 1 aromatic heterocycles. The van der Waals surface area contributed by atoms with Gasteiger partial charge in [-0.3, -0.25) is 0 Å². The fourth-order valence-electron chi connectivity index (χ4n) is 3.67. The Bertz CT molecular complexity index is 606. The first-order valence-electron chi connectivity index (χ1n) is 7.92. The summed E-state index contributed by atoms with van der Waals surface area (Å²) >= 11 is 0. The summed E-state index contributed by atoms with van der Waals surface area (Å²) in [5.74, 6) is 1.25. The Labute approximate surface area is 121 Å². The number of imidazole rings is 1. The summed E-state index contributed by atoms with van der Waals surface area (Å²) in [5.41, 5.74) is 3.80. The lowest BCUT2D eigenvalue weighted by Gasteiger charge is -2.29. The maximum Gasteiger partial charge on any atom is 0.130 e. The number of nitrogens with zero attached hydrogens (tertiary/aromatic N) is 2. The number of aryl methyl sites for hydroxylation is 2. The number of benzene rings is 1. The Morgan fingerprint density at radius 2 is 2.20 bits per heavy atom. The highest BCUT2D eigenvalue weighted by molar-refractivity contribution is 5.77. The molecular weight excluding hydrogens is 246 g/mol. The molecule has 1 unspecified atom stereocenters. The molecule has 0 spiro atoms. The van der Waals surface area contributed by atoms with Gasteiger partial charge >= 0.3 is 0 Å². The van der Waals surface area contributed by atoms with Crippen molar-refractivity contribution in [2.24, 2.45) is 0 Å². The summed E-state index contributed by atoms with van der Waals surface area (Å²) in [6.45, 7) is 8.73. The van der Waals surface area contributed by atoms with E-state index in [1.165, 1.54) is 42.6 Å². The average Bonchev–Trinajstić information content (AvgIpc) is 3.03. The fraction of sp³-hybridized carbons (Fsp3) is 0.588. The van der Waals surface area contributed by atoms with Gasteiger partial charge in [0.15, 0.2) is 0 Å². The quantitative estimate of drug-likeness (QED) is 0.918. The summed E-state index contributed by atoms with van der Waals surface area (Å²) < 4.78 is 2.41. The zero-order chi connectivity index (χ0) is 14.2. The average molecular weight is 271 g/mol. The second-order valence-electron chi connectivity index (χ2n) is 6.03. The van der Waals surface area contributed by atoms with E-state index in [4.69, 9.17) is 4.98 Å². The highest BCUT2D eigenvalue weighted by Gasteiger charge is 2.38. The second-order valence-corrected chi connectivity index (χ2v) is 6.03. The van der Waals surface area contributed by atoms with Gasteiger partial charge in [-0.05, 0) is 57.4 Å². The number of hydrogen-bond donors (Lipinski definition) is 1. The summed E-state index contributed by atoms with van der Waals surface area (Å²) in [6.07, 6.45) is 4.84. The van der Waals surface area contributed by atoms with Gasteiger partial charge in [-0.1, -0.05) is 19.4 Å². The lowest BCUT2D eigenvalue weighted by atomic mass is 9.91. The molecular formula is C17H25N3. The molecule has 0 saturated carbocycles. The Morgan fingerprint density at radius 3 is 2.85 bits per heavy atom. The van der Waals surface area contributed by atoms with Gasteiger partial charge in [-0.15, -0.1) is 0 Å². The number of nitrogens with one attached hydrogen (secondary N) is 1. The third kappa shape index (κ3) is 2.05. The van der Waals surface area contributed by atoms with E-state index < -0.39 is 0 Å². The van der Waals surface area contributed by atoms with Crippen molar-refractivity contribution in [2.45, 2.75) is 58.5 Å². The smallest absolute Gasteiger partial charge is 0.130 e. The molecule has 3 rings (SSSR count). The molecule has 1 aliphatic heterocycles. The first-order valence-corrected chi connectivity index (χ1v) is 7.92. The Hall–Kier alpha value is -1.35. The standard InChI is InChI=1S/C17H25N3/c1-4-9-17(10-6-11-18-17)16-19-14-12-13(3)7-8-15(14)20(16)5-2/h7-8,12,18H,4-6,9-11H2,1-3H3. The lowest BCUT2D eigenvalue weighted by Crippen LogP contribution is -2.39. The van der Waals surface area contributed by atoms with Crippen LogP contribution in [-0.4, -0.2) is 16.1 Å². The maximum atomic E-state index is 5.02. The van der Waals surface area contributed by atoms with Gasteiger partial charge in [0, 0.05) is 6.54 Å². The van der Waals surface area contributed by atoms with Crippen molar-refractivity contribution in [1.82, 2.24) is 14.9 Å². The summed E-state index contributed by atoms with van der Waals surface area (Å²) in [5, 5.41) is 3.75. The maximum absolute atomic E-state index is 5.02. The van der Waals surface area contributed by atoms with Crippen LogP contribution < -0.4 is 5.32 Å². The van der Waals surface area contributed by atoms with Gasteiger partial charge in [-0.2, -0.15) is 0 Å². The summed E-state index contributed by atoms with van der Waals surface area (Å²) in [6, 6.07) is 6.62. The third-order valence-electron chi connectivity index (χ3n) is 4.57. The third-order valence-corrected chi connectivity index (χ3v) is 4.57. The SMILES string of the molecule is CCCC1(c2nc3cc(C)ccc3n2CC)CCCN1. The molecule has 3 nitrogen and oxygen atoms in total. The molecule has 0 amide bonds. The van der Waals surface area contributed by atoms with E-state index in [2.05, 4.69) is 48.9 Å². The molecule has 2 aromatic rings. The first kappa shape index (κ1) is 13.6. The molecule has 3 heteroatoms. The van der Waals surface area contributed by atoms with Crippen LogP contribution in [0.3, 0.4) is 0 Å². The molecule has 1 fully saturated rings. The van der Waals surface area contributed by atoms with Crippen molar-refractivity contribution in [1.29, 1.82) is 0 Å². The van der Waals surface area contributed by atoms with Gasteiger partial charge in [0.2, 0.25) is 0 Å². The van der Waals surface area contributed by atoms with Gasteiger partial charge in [0.1, 0.15) is 5.82 Å². The lowest BCUT2D eigenvalue weighted by molar-refractivity contribution is 0.324. The van der Waals surface area contributed by atoms with Crippen LogP contribution in [0.1, 0.15) is 50.9 Å². The van der Waals surface area contributed by atoms with Gasteiger partial charge in [0.25, 0.3) is 0 Å². The van der Waals surface area contributed by atoms with Crippen LogP contribution in [0.4, 0.5) is 0 Å². The van der Waals surface area contributed by atoms with Crippen molar-refractivity contribution >= 4 is 11.0 Å². The van der Waals surface area contributed by atoms with Crippen LogP contribution in [-0.2, 0) is 12.1 Å². The van der Waals surface area contributed by atoms with E-state index in [-0.39, 0.29) is 5.54 Å². The largest absolute Gasteiger partial charge is 0.327 e. The van der Waals surface area contributed by atoms with Crippen LogP contribution in [0.25, 0.3) is 11.0 Å². The van der Waals surface area contributed by atoms with Crippen LogP contribution in [0.2, 0.25) is 0 Å². The second kappa shape index (κ2) is 5.21. The Balaban J connectivity index is 2.18. The highest BCUT2D eigenvalue weighted by atomic mass is 15.2. The molecule has 108 valence electrons. The van der Waals surface area contributed by atoms with E-state index in [1.807, 2.05) is 0 Å². The summed E-state index contributed by atoms with van der Waals surface area (Å²) in [7, 11) is 0. The van der Waals surface area contributed by atoms with E-state index >= 15 is 0 Å². The minimum Gasteiger partial charge on any atom is -0.327 e. The normalized spacial score (nSPS) is 22.8. The van der Waals surface area contributed by atoms with E-state index in [0.29, 0.717) is 0 Å². The Kier molecular flexibility index (Phi) is 3.55. The topological polar surface area (TPSA) is 29.9 Å². The van der Waals surface area contributed by atoms with Crippen molar-refractivity contribution in [2.75, 3.05) is 6.54 Å². The van der Waals surface area contributed by atoms with Crippen molar-refractivity contribution in [3.63, 3.8) is 0 Å². The first-order chi connectivity index (χ1) is 9.70. The van der Waals surface area contributed by atoms with E-state index in [1.54, 1.807) is 0 Å². The number of fused-ring (bicyclic) bond motifs is 1. The molecule has 1 atom stereocenters. The minimum absolute atomic E-state index is 0.0949. The molecule has 1 aliphatic rings. The van der Waals surface area contributed by atoms with Gasteiger partial charge in [-0.25, -0.2) is 4.98 Å². The van der Waals surface area contributed by atoms with Crippen LogP contribution in [0, 0.1) is 6.92 Å². The van der Waals surface area contributed by atoms with Gasteiger partial charge in [0.05, 0.1) is 16.6 Å². The van der Waals surface area contributed by atoms with Gasteiger partial charge < -0.3 is 9.88 Å². The molecule has 0 aliphatic carbocycles. The molecule has 1 saturated heterocycles. The van der Waals surface area contributed by atoms with Crippen molar-refractivity contribution in [3.8, 4) is 0 Å². The van der Waals surface area contributed by atoms with Crippen LogP contribution in [0.5, 0.6) is 0 Å². The molecule has 0 bridgehead atoms. The van der Waals surface area contributed by atoms with E-state index in [0.717, 1.165) is 18.6 Å². The highest BCUT2D eigenvalue weighted by Crippen LogP contribution is 2.36. The predicted octanol–water partition coefficient (Wildman–Crippen LogP) is 3.74. The summed E-state index contributed by atoms with van der Waals surface area (Å²) in [4.78, 5) is 5.02. The monoisotopic (exact) mass is 271 g/mol. The molecule has 20 heavy (non-hydrogen) atoms. The number of aromatic nitrogens is 2. The molecule has 2 heterocycles. The minimum atomic E-state index is 0.0949. The van der Waals surface area contributed by atoms with Crippen LogP contribution >= 0.6 is 0 Å². The molecule has 1 aromatic carbocycles. The van der Waals surface area contributed by atoms with Crippen LogP contribution in [0.15, 0.2) is 18.2 Å². The number of rotatable bonds is 4.